The van der Waals surface area contributed by atoms with Gasteiger partial charge in [-0.1, -0.05) is 0 Å². The smallest absolute Gasteiger partial charge is 0.249 e. The van der Waals surface area contributed by atoms with Crippen molar-refractivity contribution in [2.45, 2.75) is 12.6 Å². The molecule has 0 aromatic carbocycles. The number of nitrogens with two attached hydrogens (primary N) is 1. The van der Waals surface area contributed by atoms with Gasteiger partial charge in [-0.15, -0.1) is 23.7 Å². The zero-order valence-electron chi connectivity index (χ0n) is 12.1. The number of piperazine rings is 1. The predicted molar refractivity (Wildman–Crippen MR) is 90.3 cm³/mol. The molecule has 118 valence electrons. The average molecular weight is 339 g/mol. The molecule has 1 fully saturated rings. The van der Waals surface area contributed by atoms with Crippen LogP contribution in [0.25, 0.3) is 0 Å². The van der Waals surface area contributed by atoms with Gasteiger partial charge in [0.2, 0.25) is 5.91 Å². The van der Waals surface area contributed by atoms with Crippen LogP contribution in [0.5, 0.6) is 0 Å². The molecule has 7 heteroatoms. The Kier molecular flexibility index (Phi) is 5.90. The molecule has 3 N–H and O–H groups in total. The van der Waals surface area contributed by atoms with Gasteiger partial charge in [-0.3, -0.25) is 14.7 Å². The molecule has 3 rings (SSSR count). The van der Waals surface area contributed by atoms with Gasteiger partial charge in [-0.05, 0) is 23.8 Å². The maximum Gasteiger partial charge on any atom is 0.249 e. The Morgan fingerprint density at radius 3 is 2.91 bits per heavy atom. The first-order valence-corrected chi connectivity index (χ1v) is 7.84. The number of halogens is 1. The van der Waals surface area contributed by atoms with E-state index in [1.54, 1.807) is 11.3 Å². The summed E-state index contributed by atoms with van der Waals surface area (Å²) >= 11 is 1.59. The Hall–Kier alpha value is -1.47. The van der Waals surface area contributed by atoms with E-state index in [2.05, 4.69) is 27.3 Å². The van der Waals surface area contributed by atoms with Crippen LogP contribution >= 0.6 is 23.7 Å². The predicted octanol–water partition coefficient (Wildman–Crippen LogP) is 1.81. The fourth-order valence-electron chi connectivity index (χ4n) is 2.64. The standard InChI is InChI=1S/C15H18N4OS.ClH/c16-15(20)12-7-13(21-10-12)9-19-6-5-18-8-14(19)11-1-3-17-4-2-11;/h1-4,7,10,14,18H,5-6,8-9H2,(H2,16,20);1H. The first-order valence-electron chi connectivity index (χ1n) is 6.96. The van der Waals surface area contributed by atoms with Gasteiger partial charge in [0.15, 0.2) is 0 Å². The van der Waals surface area contributed by atoms with Crippen molar-refractivity contribution in [1.29, 1.82) is 0 Å². The molecule has 1 aliphatic heterocycles. The molecule has 0 aliphatic carbocycles. The van der Waals surface area contributed by atoms with Gasteiger partial charge in [0.1, 0.15) is 0 Å². The van der Waals surface area contributed by atoms with Crippen LogP contribution in [-0.4, -0.2) is 35.4 Å². The lowest BCUT2D eigenvalue weighted by Crippen LogP contribution is -2.45. The van der Waals surface area contributed by atoms with Gasteiger partial charge in [0.05, 0.1) is 5.56 Å². The van der Waals surface area contributed by atoms with Gasteiger partial charge in [-0.25, -0.2) is 0 Å². The van der Waals surface area contributed by atoms with E-state index in [9.17, 15) is 4.79 Å². The Bertz CT molecular complexity index is 619. The molecule has 0 saturated carbocycles. The third kappa shape index (κ3) is 3.84. The second-order valence-corrected chi connectivity index (χ2v) is 6.13. The Labute approximate surface area is 139 Å². The number of hydrogen-bond donors (Lipinski definition) is 2. The molecular weight excluding hydrogens is 320 g/mol. The van der Waals surface area contributed by atoms with Gasteiger partial charge in [0.25, 0.3) is 0 Å². The Balaban J connectivity index is 0.00000176. The van der Waals surface area contributed by atoms with Gasteiger partial charge < -0.3 is 11.1 Å². The highest BCUT2D eigenvalue weighted by molar-refractivity contribution is 7.10. The fraction of sp³-hybridized carbons (Fsp3) is 0.333. The normalized spacial score (nSPS) is 18.6. The third-order valence-electron chi connectivity index (χ3n) is 3.74. The first kappa shape index (κ1) is 16.9. The molecule has 3 heterocycles. The maximum absolute atomic E-state index is 11.2. The van der Waals surface area contributed by atoms with E-state index in [0.717, 1.165) is 26.2 Å². The molecule has 1 unspecified atom stereocenters. The SMILES string of the molecule is Cl.NC(=O)c1csc(CN2CCNCC2c2ccncc2)c1. The van der Waals surface area contributed by atoms with E-state index in [4.69, 9.17) is 5.73 Å². The molecule has 0 bridgehead atoms. The van der Waals surface area contributed by atoms with E-state index in [-0.39, 0.29) is 18.3 Å². The lowest BCUT2D eigenvalue weighted by molar-refractivity contribution is 0.100. The largest absolute Gasteiger partial charge is 0.366 e. The number of aromatic nitrogens is 1. The van der Waals surface area contributed by atoms with Crippen LogP contribution < -0.4 is 11.1 Å². The number of amides is 1. The Morgan fingerprint density at radius 2 is 2.23 bits per heavy atom. The summed E-state index contributed by atoms with van der Waals surface area (Å²) in [5, 5.41) is 5.27. The van der Waals surface area contributed by atoms with Gasteiger partial charge in [-0.2, -0.15) is 0 Å². The number of thiophene rings is 1. The summed E-state index contributed by atoms with van der Waals surface area (Å²) in [6.45, 7) is 3.73. The third-order valence-corrected chi connectivity index (χ3v) is 4.66. The van der Waals surface area contributed by atoms with Crippen LogP contribution in [0.4, 0.5) is 0 Å². The van der Waals surface area contributed by atoms with E-state index < -0.39 is 0 Å². The van der Waals surface area contributed by atoms with Gasteiger partial charge >= 0.3 is 0 Å². The van der Waals surface area contributed by atoms with E-state index in [1.165, 1.54) is 10.4 Å². The number of pyridine rings is 1. The number of primary amides is 1. The summed E-state index contributed by atoms with van der Waals surface area (Å²) in [6, 6.07) is 6.36. The highest BCUT2D eigenvalue weighted by atomic mass is 35.5. The van der Waals surface area contributed by atoms with Crippen LogP contribution in [0.15, 0.2) is 36.0 Å². The topological polar surface area (TPSA) is 71.2 Å². The van der Waals surface area contributed by atoms with E-state index in [0.29, 0.717) is 11.6 Å². The lowest BCUT2D eigenvalue weighted by Gasteiger charge is -2.36. The molecule has 5 nitrogen and oxygen atoms in total. The molecule has 0 radical (unpaired) electrons. The van der Waals surface area contributed by atoms with Crippen molar-refractivity contribution in [1.82, 2.24) is 15.2 Å². The van der Waals surface area contributed by atoms with Crippen LogP contribution in [0.3, 0.4) is 0 Å². The summed E-state index contributed by atoms with van der Waals surface area (Å²) in [6.07, 6.45) is 3.66. The quantitative estimate of drug-likeness (QED) is 0.892. The second-order valence-electron chi connectivity index (χ2n) is 5.14. The number of nitrogens with zero attached hydrogens (tertiary/aromatic N) is 2. The van der Waals surface area contributed by atoms with Crippen molar-refractivity contribution in [2.75, 3.05) is 19.6 Å². The van der Waals surface area contributed by atoms with Crippen molar-refractivity contribution in [3.63, 3.8) is 0 Å². The lowest BCUT2D eigenvalue weighted by atomic mass is 10.0. The zero-order valence-corrected chi connectivity index (χ0v) is 13.7. The number of nitrogens with one attached hydrogen (secondary N) is 1. The zero-order chi connectivity index (χ0) is 14.7. The maximum atomic E-state index is 11.2. The summed E-state index contributed by atoms with van der Waals surface area (Å²) in [4.78, 5) is 18.9. The van der Waals surface area contributed by atoms with Crippen molar-refractivity contribution < 1.29 is 4.79 Å². The molecule has 1 amide bonds. The molecule has 1 aliphatic rings. The molecule has 2 aromatic rings. The number of rotatable bonds is 4. The highest BCUT2D eigenvalue weighted by Gasteiger charge is 2.24. The minimum absolute atomic E-state index is 0. The number of hydrogen-bond acceptors (Lipinski definition) is 5. The van der Waals surface area contributed by atoms with Gasteiger partial charge in [0, 0.05) is 54.9 Å². The number of carbonyl (C=O) groups is 1. The summed E-state index contributed by atoms with van der Waals surface area (Å²) in [5.41, 5.74) is 7.19. The minimum Gasteiger partial charge on any atom is -0.366 e. The van der Waals surface area contributed by atoms with Crippen molar-refractivity contribution in [2.24, 2.45) is 5.73 Å². The molecule has 1 saturated heterocycles. The van der Waals surface area contributed by atoms with Crippen molar-refractivity contribution in [3.8, 4) is 0 Å². The van der Waals surface area contributed by atoms with Crippen LogP contribution in [0.1, 0.15) is 26.8 Å². The molecule has 1 atom stereocenters. The average Bonchev–Trinajstić information content (AvgIpc) is 2.98. The van der Waals surface area contributed by atoms with Crippen LogP contribution in [-0.2, 0) is 6.54 Å². The molecular formula is C15H19ClN4OS. The second kappa shape index (κ2) is 7.69. The summed E-state index contributed by atoms with van der Waals surface area (Å²) in [7, 11) is 0. The fourth-order valence-corrected chi connectivity index (χ4v) is 3.54. The summed E-state index contributed by atoms with van der Waals surface area (Å²) in [5.74, 6) is -0.358. The number of carbonyl (C=O) groups excluding carboxylic acids is 1. The van der Waals surface area contributed by atoms with E-state index >= 15 is 0 Å². The van der Waals surface area contributed by atoms with Crippen molar-refractivity contribution >= 4 is 29.7 Å². The minimum atomic E-state index is -0.358. The van der Waals surface area contributed by atoms with Crippen molar-refractivity contribution in [3.05, 3.63) is 52.0 Å². The highest BCUT2D eigenvalue weighted by Crippen LogP contribution is 2.25. The van der Waals surface area contributed by atoms with Crippen LogP contribution in [0, 0.1) is 0 Å². The molecule has 0 spiro atoms. The molecule has 2 aromatic heterocycles. The van der Waals surface area contributed by atoms with E-state index in [1.807, 2.05) is 23.8 Å². The Morgan fingerprint density at radius 1 is 1.45 bits per heavy atom. The first-order chi connectivity index (χ1) is 10.2. The monoisotopic (exact) mass is 338 g/mol. The van der Waals surface area contributed by atoms with Crippen LogP contribution in [0.2, 0.25) is 0 Å². The molecule has 22 heavy (non-hydrogen) atoms. The summed E-state index contributed by atoms with van der Waals surface area (Å²) < 4.78 is 0.